The van der Waals surface area contributed by atoms with E-state index in [4.69, 9.17) is 9.47 Å². The third kappa shape index (κ3) is 1.57. The van der Waals surface area contributed by atoms with Crippen LogP contribution in [0, 0.1) is 0 Å². The molecule has 23 heavy (non-hydrogen) atoms. The van der Waals surface area contributed by atoms with Crippen LogP contribution in [0.3, 0.4) is 0 Å². The Balaban J connectivity index is 1.95. The maximum Gasteiger partial charge on any atom is 0.125 e. The van der Waals surface area contributed by atoms with Crippen LogP contribution < -0.4 is 4.74 Å². The minimum absolute atomic E-state index is 0.349. The Morgan fingerprint density at radius 3 is 2.61 bits per heavy atom. The van der Waals surface area contributed by atoms with Gasteiger partial charge in [-0.1, -0.05) is 48.5 Å². The molecule has 2 aliphatic rings. The lowest BCUT2D eigenvalue weighted by Gasteiger charge is -2.28. The van der Waals surface area contributed by atoms with Crippen LogP contribution >= 0.6 is 0 Å². The first-order valence-electron chi connectivity index (χ1n) is 8.19. The van der Waals surface area contributed by atoms with Gasteiger partial charge in [0, 0.05) is 17.7 Å². The summed E-state index contributed by atoms with van der Waals surface area (Å²) in [4.78, 5) is 0. The Kier molecular flexibility index (Phi) is 2.62. The zero-order valence-electron chi connectivity index (χ0n) is 13.1. The van der Waals surface area contributed by atoms with Crippen molar-refractivity contribution in [2.24, 2.45) is 0 Å². The van der Waals surface area contributed by atoms with E-state index in [9.17, 15) is 0 Å². The largest absolute Gasteiger partial charge is 0.496 e. The summed E-state index contributed by atoms with van der Waals surface area (Å²) in [5.41, 5.74) is 4.74. The fraction of sp³-hybridized carbons (Fsp3) is 0.238. The van der Waals surface area contributed by atoms with Gasteiger partial charge in [-0.15, -0.1) is 0 Å². The van der Waals surface area contributed by atoms with Gasteiger partial charge in [-0.05, 0) is 40.8 Å². The van der Waals surface area contributed by atoms with Crippen LogP contribution in [0.1, 0.15) is 24.0 Å². The van der Waals surface area contributed by atoms with Gasteiger partial charge in [-0.2, -0.15) is 0 Å². The standard InChI is InChI=1S/C21H18O2/c1-22-18-9-4-8-16-17-11-10-14-6-2-3-7-15(14)19(17)21(20(16)18)12-5-13-23-21/h2-4,6-11H,5,12-13H2,1H3/t21-/m0/s1. The fourth-order valence-electron chi connectivity index (χ4n) is 4.43. The van der Waals surface area contributed by atoms with E-state index >= 15 is 0 Å². The summed E-state index contributed by atoms with van der Waals surface area (Å²) in [7, 11) is 1.75. The van der Waals surface area contributed by atoms with Crippen molar-refractivity contribution >= 4 is 10.8 Å². The minimum Gasteiger partial charge on any atom is -0.496 e. The maximum atomic E-state index is 6.42. The van der Waals surface area contributed by atoms with Gasteiger partial charge in [0.1, 0.15) is 11.4 Å². The van der Waals surface area contributed by atoms with Crippen LogP contribution in [0.2, 0.25) is 0 Å². The predicted octanol–water partition coefficient (Wildman–Crippen LogP) is 4.88. The van der Waals surface area contributed by atoms with Gasteiger partial charge in [-0.3, -0.25) is 0 Å². The number of rotatable bonds is 1. The van der Waals surface area contributed by atoms with E-state index in [2.05, 4.69) is 54.6 Å². The topological polar surface area (TPSA) is 18.5 Å². The third-order valence-corrected chi connectivity index (χ3v) is 5.29. The molecule has 2 nitrogen and oxygen atoms in total. The average molecular weight is 302 g/mol. The molecule has 0 saturated carbocycles. The van der Waals surface area contributed by atoms with Crippen molar-refractivity contribution in [3.05, 3.63) is 65.7 Å². The smallest absolute Gasteiger partial charge is 0.125 e. The quantitative estimate of drug-likeness (QED) is 0.637. The van der Waals surface area contributed by atoms with Crippen molar-refractivity contribution in [3.63, 3.8) is 0 Å². The highest BCUT2D eigenvalue weighted by Gasteiger charge is 2.49. The van der Waals surface area contributed by atoms with Crippen LogP contribution in [-0.2, 0) is 10.3 Å². The molecular weight excluding hydrogens is 284 g/mol. The molecule has 5 rings (SSSR count). The average Bonchev–Trinajstić information content (AvgIpc) is 3.20. The number of fused-ring (bicyclic) bond motifs is 7. The highest BCUT2D eigenvalue weighted by molar-refractivity contribution is 5.97. The van der Waals surface area contributed by atoms with Crippen molar-refractivity contribution in [3.8, 4) is 16.9 Å². The molecule has 3 aromatic rings. The zero-order chi connectivity index (χ0) is 15.4. The van der Waals surface area contributed by atoms with Gasteiger partial charge in [0.2, 0.25) is 0 Å². The van der Waals surface area contributed by atoms with Crippen LogP contribution in [-0.4, -0.2) is 13.7 Å². The SMILES string of the molecule is COc1cccc2c1[C@]1(CCCO1)c1c-2ccc2ccccc12. The molecule has 1 aliphatic carbocycles. The summed E-state index contributed by atoms with van der Waals surface area (Å²) in [5.74, 6) is 0.935. The summed E-state index contributed by atoms with van der Waals surface area (Å²) in [5, 5.41) is 2.57. The van der Waals surface area contributed by atoms with Gasteiger partial charge in [0.25, 0.3) is 0 Å². The first kappa shape index (κ1) is 13.1. The second kappa shape index (κ2) is 4.59. The number of ether oxygens (including phenoxy) is 2. The van der Waals surface area contributed by atoms with Crippen molar-refractivity contribution in [1.82, 2.24) is 0 Å². The monoisotopic (exact) mass is 302 g/mol. The van der Waals surface area contributed by atoms with E-state index < -0.39 is 0 Å². The van der Waals surface area contributed by atoms with Gasteiger partial charge in [-0.25, -0.2) is 0 Å². The molecule has 2 heteroatoms. The highest BCUT2D eigenvalue weighted by Crippen LogP contribution is 2.58. The van der Waals surface area contributed by atoms with E-state index in [1.807, 2.05) is 0 Å². The molecule has 0 N–H and O–H groups in total. The molecule has 0 bridgehead atoms. The summed E-state index contributed by atoms with van der Waals surface area (Å²) >= 11 is 0. The van der Waals surface area contributed by atoms with Crippen LogP contribution in [0.25, 0.3) is 21.9 Å². The first-order chi connectivity index (χ1) is 11.3. The zero-order valence-corrected chi connectivity index (χ0v) is 13.1. The Hall–Kier alpha value is -2.32. The summed E-state index contributed by atoms with van der Waals surface area (Å²) in [6, 6.07) is 19.4. The molecule has 1 heterocycles. The second-order valence-electron chi connectivity index (χ2n) is 6.37. The lowest BCUT2D eigenvalue weighted by Crippen LogP contribution is -2.24. The third-order valence-electron chi connectivity index (χ3n) is 5.29. The molecule has 1 atom stereocenters. The first-order valence-corrected chi connectivity index (χ1v) is 8.19. The summed E-state index contributed by atoms with van der Waals surface area (Å²) in [6.07, 6.45) is 2.10. The van der Waals surface area contributed by atoms with Gasteiger partial charge in [0.05, 0.1) is 7.11 Å². The molecule has 1 saturated heterocycles. The van der Waals surface area contributed by atoms with E-state index in [0.29, 0.717) is 0 Å². The molecule has 0 radical (unpaired) electrons. The summed E-state index contributed by atoms with van der Waals surface area (Å²) < 4.78 is 12.1. The minimum atomic E-state index is -0.349. The fourth-order valence-corrected chi connectivity index (χ4v) is 4.43. The molecule has 3 aromatic carbocycles. The summed E-state index contributed by atoms with van der Waals surface area (Å²) in [6.45, 7) is 0.806. The molecule has 0 unspecified atom stereocenters. The number of hydrogen-bond acceptors (Lipinski definition) is 2. The van der Waals surface area contributed by atoms with Crippen molar-refractivity contribution in [2.75, 3.05) is 13.7 Å². The highest BCUT2D eigenvalue weighted by atomic mass is 16.5. The number of hydrogen-bond donors (Lipinski definition) is 0. The Labute approximate surface area is 135 Å². The number of benzene rings is 3. The van der Waals surface area contributed by atoms with Crippen LogP contribution in [0.15, 0.2) is 54.6 Å². The number of methoxy groups -OCH3 is 1. The molecule has 0 amide bonds. The molecule has 1 spiro atoms. The molecule has 1 aliphatic heterocycles. The van der Waals surface area contributed by atoms with Gasteiger partial charge < -0.3 is 9.47 Å². The van der Waals surface area contributed by atoms with E-state index in [1.165, 1.54) is 33.0 Å². The Bertz CT molecular complexity index is 920. The van der Waals surface area contributed by atoms with Crippen molar-refractivity contribution < 1.29 is 9.47 Å². The molecule has 1 fully saturated rings. The predicted molar refractivity (Wildman–Crippen MR) is 91.9 cm³/mol. The lowest BCUT2D eigenvalue weighted by molar-refractivity contribution is 0.0390. The molecule has 114 valence electrons. The lowest BCUT2D eigenvalue weighted by atomic mass is 9.85. The van der Waals surface area contributed by atoms with E-state index in [1.54, 1.807) is 7.11 Å². The second-order valence-corrected chi connectivity index (χ2v) is 6.37. The Morgan fingerprint density at radius 1 is 0.913 bits per heavy atom. The van der Waals surface area contributed by atoms with Gasteiger partial charge >= 0.3 is 0 Å². The van der Waals surface area contributed by atoms with Crippen LogP contribution in [0.4, 0.5) is 0 Å². The van der Waals surface area contributed by atoms with Gasteiger partial charge in [0.15, 0.2) is 0 Å². The van der Waals surface area contributed by atoms with Crippen molar-refractivity contribution in [1.29, 1.82) is 0 Å². The molecule has 0 aromatic heterocycles. The van der Waals surface area contributed by atoms with Crippen LogP contribution in [0.5, 0.6) is 5.75 Å². The maximum absolute atomic E-state index is 6.42. The Morgan fingerprint density at radius 2 is 1.78 bits per heavy atom. The normalized spacial score (nSPS) is 21.6. The molecular formula is C21H18O2. The van der Waals surface area contributed by atoms with E-state index in [0.717, 1.165) is 25.2 Å². The van der Waals surface area contributed by atoms with E-state index in [-0.39, 0.29) is 5.60 Å². The van der Waals surface area contributed by atoms with Crippen molar-refractivity contribution in [2.45, 2.75) is 18.4 Å².